The number of hydrogen-bond donors (Lipinski definition) is 2. The van der Waals surface area contributed by atoms with Gasteiger partial charge in [0.2, 0.25) is 10.0 Å². The predicted octanol–water partition coefficient (Wildman–Crippen LogP) is -0.0418. The molecule has 0 bridgehead atoms. The summed E-state index contributed by atoms with van der Waals surface area (Å²) in [4.78, 5) is 11.3. The van der Waals surface area contributed by atoms with Gasteiger partial charge in [0.25, 0.3) is 5.91 Å². The van der Waals surface area contributed by atoms with Crippen LogP contribution in [0, 0.1) is 0 Å². The minimum absolute atomic E-state index is 0.218. The second kappa shape index (κ2) is 3.67. The van der Waals surface area contributed by atoms with E-state index in [1.165, 1.54) is 12.1 Å². The van der Waals surface area contributed by atoms with Crippen molar-refractivity contribution in [2.24, 2.45) is 0 Å². The Kier molecular flexibility index (Phi) is 2.76. The van der Waals surface area contributed by atoms with E-state index in [-0.39, 0.29) is 5.56 Å². The highest BCUT2D eigenvalue weighted by Gasteiger charge is 2.10. The fraction of sp³-hybridized carbons (Fsp3) is 0.125. The number of nitrogen functional groups attached to an aromatic ring is 1. The van der Waals surface area contributed by atoms with Crippen LogP contribution in [0.4, 0.5) is 5.69 Å². The average Bonchev–Trinajstić information content (AvgIpc) is 2.01. The molecule has 0 heterocycles. The third kappa shape index (κ3) is 3.06. The quantitative estimate of drug-likeness (QED) is 0.676. The summed E-state index contributed by atoms with van der Waals surface area (Å²) in [5, 5.41) is 0. The molecule has 14 heavy (non-hydrogen) atoms. The fourth-order valence-electron chi connectivity index (χ4n) is 0.907. The summed E-state index contributed by atoms with van der Waals surface area (Å²) in [6.45, 7) is 0. The molecule has 0 unspecified atom stereocenters. The summed E-state index contributed by atoms with van der Waals surface area (Å²) >= 11 is 0. The second-order valence-electron chi connectivity index (χ2n) is 2.83. The van der Waals surface area contributed by atoms with Crippen molar-refractivity contribution in [3.05, 3.63) is 29.8 Å². The Labute approximate surface area is 82.0 Å². The SMILES string of the molecule is CS(=O)(=O)NC(=O)c1cccc(N)c1. The van der Waals surface area contributed by atoms with Crippen LogP contribution in [-0.4, -0.2) is 20.6 Å². The summed E-state index contributed by atoms with van der Waals surface area (Å²) in [5.41, 5.74) is 6.06. The molecule has 1 aromatic carbocycles. The van der Waals surface area contributed by atoms with Gasteiger partial charge < -0.3 is 5.73 Å². The van der Waals surface area contributed by atoms with Crippen molar-refractivity contribution in [2.75, 3.05) is 12.0 Å². The molecule has 0 aromatic heterocycles. The predicted molar refractivity (Wildman–Crippen MR) is 53.2 cm³/mol. The minimum Gasteiger partial charge on any atom is -0.399 e. The number of rotatable bonds is 2. The highest BCUT2D eigenvalue weighted by atomic mass is 32.2. The molecule has 0 radical (unpaired) electrons. The second-order valence-corrected chi connectivity index (χ2v) is 4.58. The van der Waals surface area contributed by atoms with Crippen LogP contribution in [0.5, 0.6) is 0 Å². The molecule has 1 aromatic rings. The summed E-state index contributed by atoms with van der Waals surface area (Å²) in [5.74, 6) is -0.681. The van der Waals surface area contributed by atoms with Crippen molar-refractivity contribution in [3.8, 4) is 0 Å². The Morgan fingerprint density at radius 3 is 2.57 bits per heavy atom. The van der Waals surface area contributed by atoms with Crippen molar-refractivity contribution >= 4 is 21.6 Å². The lowest BCUT2D eigenvalue weighted by molar-refractivity contribution is 0.0981. The fourth-order valence-corrected chi connectivity index (χ4v) is 1.36. The zero-order valence-electron chi connectivity index (χ0n) is 7.52. The highest BCUT2D eigenvalue weighted by Crippen LogP contribution is 2.06. The van der Waals surface area contributed by atoms with E-state index in [9.17, 15) is 13.2 Å². The van der Waals surface area contributed by atoms with E-state index in [4.69, 9.17) is 5.73 Å². The number of nitrogens with one attached hydrogen (secondary N) is 1. The lowest BCUT2D eigenvalue weighted by atomic mass is 10.2. The summed E-state index contributed by atoms with van der Waals surface area (Å²) in [6, 6.07) is 6.07. The molecule has 0 aliphatic heterocycles. The van der Waals surface area contributed by atoms with Crippen molar-refractivity contribution in [3.63, 3.8) is 0 Å². The third-order valence-corrected chi connectivity index (χ3v) is 1.98. The number of benzene rings is 1. The van der Waals surface area contributed by atoms with E-state index in [0.29, 0.717) is 5.69 Å². The zero-order chi connectivity index (χ0) is 10.8. The molecule has 0 saturated heterocycles. The van der Waals surface area contributed by atoms with Gasteiger partial charge in [0.05, 0.1) is 6.26 Å². The van der Waals surface area contributed by atoms with Gasteiger partial charge in [-0.25, -0.2) is 13.1 Å². The highest BCUT2D eigenvalue weighted by molar-refractivity contribution is 7.89. The van der Waals surface area contributed by atoms with Crippen LogP contribution >= 0.6 is 0 Å². The van der Waals surface area contributed by atoms with E-state index in [1.54, 1.807) is 12.1 Å². The van der Waals surface area contributed by atoms with Gasteiger partial charge in [-0.1, -0.05) is 6.07 Å². The molecule has 1 rings (SSSR count). The number of nitrogens with two attached hydrogens (primary N) is 1. The van der Waals surface area contributed by atoms with Crippen molar-refractivity contribution in [2.45, 2.75) is 0 Å². The molecule has 76 valence electrons. The molecule has 0 aliphatic carbocycles. The van der Waals surface area contributed by atoms with Crippen molar-refractivity contribution in [1.82, 2.24) is 4.72 Å². The summed E-state index contributed by atoms with van der Waals surface area (Å²) in [6.07, 6.45) is 0.914. The van der Waals surface area contributed by atoms with E-state index in [1.807, 2.05) is 4.72 Å². The van der Waals surface area contributed by atoms with Gasteiger partial charge in [0, 0.05) is 11.3 Å². The molecule has 6 heteroatoms. The third-order valence-electron chi connectivity index (χ3n) is 1.43. The van der Waals surface area contributed by atoms with Crippen LogP contribution in [0.3, 0.4) is 0 Å². The minimum atomic E-state index is -3.52. The molecule has 0 aliphatic rings. The van der Waals surface area contributed by atoms with Gasteiger partial charge in [0.1, 0.15) is 0 Å². The molecule has 0 spiro atoms. The van der Waals surface area contributed by atoms with E-state index < -0.39 is 15.9 Å². The largest absolute Gasteiger partial charge is 0.399 e. The summed E-state index contributed by atoms with van der Waals surface area (Å²) < 4.78 is 23.3. The van der Waals surface area contributed by atoms with Crippen molar-refractivity contribution in [1.29, 1.82) is 0 Å². The van der Waals surface area contributed by atoms with Crippen LogP contribution in [0.1, 0.15) is 10.4 Å². The van der Waals surface area contributed by atoms with Gasteiger partial charge >= 0.3 is 0 Å². The zero-order valence-corrected chi connectivity index (χ0v) is 8.34. The average molecular weight is 214 g/mol. The van der Waals surface area contributed by atoms with E-state index >= 15 is 0 Å². The molecular formula is C8H10N2O3S. The number of carbonyl (C=O) groups excluding carboxylic acids is 1. The summed E-state index contributed by atoms with van der Waals surface area (Å²) in [7, 11) is -3.52. The first kappa shape index (κ1) is 10.5. The maximum Gasteiger partial charge on any atom is 0.264 e. The Morgan fingerprint density at radius 2 is 2.07 bits per heavy atom. The van der Waals surface area contributed by atoms with Crippen LogP contribution in [-0.2, 0) is 10.0 Å². The molecular weight excluding hydrogens is 204 g/mol. The van der Waals surface area contributed by atoms with Gasteiger partial charge in [-0.2, -0.15) is 0 Å². The molecule has 0 saturated carbocycles. The van der Waals surface area contributed by atoms with Gasteiger partial charge in [-0.05, 0) is 18.2 Å². The Bertz CT molecular complexity index is 453. The number of carbonyl (C=O) groups is 1. The molecule has 0 fully saturated rings. The Hall–Kier alpha value is -1.56. The van der Waals surface area contributed by atoms with E-state index in [2.05, 4.69) is 0 Å². The lowest BCUT2D eigenvalue weighted by Gasteiger charge is -2.02. The van der Waals surface area contributed by atoms with Crippen LogP contribution in [0.25, 0.3) is 0 Å². The topological polar surface area (TPSA) is 89.3 Å². The normalized spacial score (nSPS) is 10.9. The van der Waals surface area contributed by atoms with Crippen LogP contribution in [0.2, 0.25) is 0 Å². The molecule has 1 amide bonds. The smallest absolute Gasteiger partial charge is 0.264 e. The van der Waals surface area contributed by atoms with Crippen LogP contribution < -0.4 is 10.5 Å². The number of sulfonamides is 1. The molecule has 3 N–H and O–H groups in total. The lowest BCUT2D eigenvalue weighted by Crippen LogP contribution is -2.29. The number of hydrogen-bond acceptors (Lipinski definition) is 4. The first-order chi connectivity index (χ1) is 6.38. The van der Waals surface area contributed by atoms with Gasteiger partial charge in [-0.15, -0.1) is 0 Å². The van der Waals surface area contributed by atoms with Crippen molar-refractivity contribution < 1.29 is 13.2 Å². The molecule has 0 atom stereocenters. The van der Waals surface area contributed by atoms with Gasteiger partial charge in [0.15, 0.2) is 0 Å². The Morgan fingerprint density at radius 1 is 1.43 bits per heavy atom. The van der Waals surface area contributed by atoms with Gasteiger partial charge in [-0.3, -0.25) is 4.79 Å². The standard InChI is InChI=1S/C8H10N2O3S/c1-14(12,13)10-8(11)6-3-2-4-7(9)5-6/h2-5H,9H2,1H3,(H,10,11). The first-order valence-corrected chi connectivity index (χ1v) is 5.65. The molecule has 5 nitrogen and oxygen atoms in total. The first-order valence-electron chi connectivity index (χ1n) is 3.76. The monoisotopic (exact) mass is 214 g/mol. The van der Waals surface area contributed by atoms with E-state index in [0.717, 1.165) is 6.26 Å². The maximum absolute atomic E-state index is 11.3. The maximum atomic E-state index is 11.3. The Balaban J connectivity index is 2.91. The number of amides is 1. The van der Waals surface area contributed by atoms with Crippen LogP contribution in [0.15, 0.2) is 24.3 Å². The number of anilines is 1.